The van der Waals surface area contributed by atoms with Gasteiger partial charge in [-0.2, -0.15) is 0 Å². The molecule has 1 fully saturated rings. The second-order valence-corrected chi connectivity index (χ2v) is 6.78. The predicted octanol–water partition coefficient (Wildman–Crippen LogP) is 1.97. The number of carbonyl (C=O) groups is 1. The molecule has 2 rings (SSSR count). The maximum atomic E-state index is 10.4. The fourth-order valence-electron chi connectivity index (χ4n) is 3.65. The van der Waals surface area contributed by atoms with Crippen LogP contribution in [0.1, 0.15) is 58.3 Å². The Labute approximate surface area is 137 Å². The lowest BCUT2D eigenvalue weighted by Crippen LogP contribution is -2.32. The van der Waals surface area contributed by atoms with Crippen LogP contribution >= 0.6 is 0 Å². The number of hydroxylamine groups is 1. The van der Waals surface area contributed by atoms with E-state index in [0.29, 0.717) is 6.42 Å². The zero-order valence-corrected chi connectivity index (χ0v) is 13.8. The van der Waals surface area contributed by atoms with Crippen molar-refractivity contribution in [3.63, 3.8) is 0 Å². The number of rotatable bonds is 11. The molecule has 0 radical (unpaired) electrons. The summed E-state index contributed by atoms with van der Waals surface area (Å²) >= 11 is 0. The first-order valence-electron chi connectivity index (χ1n) is 8.70. The molecular formula is C17H29NO5. The van der Waals surface area contributed by atoms with Crippen molar-refractivity contribution in [1.82, 2.24) is 5.48 Å². The Morgan fingerprint density at radius 1 is 1.35 bits per heavy atom. The number of unbranched alkanes of at least 4 members (excludes halogenated alkanes) is 2. The summed E-state index contributed by atoms with van der Waals surface area (Å²) in [6.45, 7) is 1.77. The van der Waals surface area contributed by atoms with Crippen LogP contribution in [0.4, 0.5) is 0 Å². The van der Waals surface area contributed by atoms with E-state index in [1.807, 2.05) is 0 Å². The van der Waals surface area contributed by atoms with Crippen molar-refractivity contribution in [3.8, 4) is 0 Å². The monoisotopic (exact) mass is 327 g/mol. The lowest BCUT2D eigenvalue weighted by atomic mass is 9.83. The molecule has 0 saturated heterocycles. The molecule has 23 heavy (non-hydrogen) atoms. The first-order chi connectivity index (χ1) is 11.0. The Kier molecular flexibility index (Phi) is 6.87. The van der Waals surface area contributed by atoms with Crippen molar-refractivity contribution in [2.75, 3.05) is 6.61 Å². The normalized spacial score (nSPS) is 27.5. The van der Waals surface area contributed by atoms with Crippen LogP contribution in [0, 0.1) is 11.8 Å². The molecule has 2 aliphatic carbocycles. The Hall–Kier alpha value is -1.11. The van der Waals surface area contributed by atoms with Gasteiger partial charge in [-0.25, -0.2) is 4.79 Å². The van der Waals surface area contributed by atoms with Crippen molar-refractivity contribution >= 4 is 5.97 Å². The van der Waals surface area contributed by atoms with Crippen LogP contribution in [0.15, 0.2) is 11.3 Å². The molecule has 132 valence electrons. The zero-order valence-electron chi connectivity index (χ0n) is 13.8. The zero-order chi connectivity index (χ0) is 16.8. The van der Waals surface area contributed by atoms with Gasteiger partial charge in [-0.05, 0) is 43.6 Å². The van der Waals surface area contributed by atoms with Gasteiger partial charge >= 0.3 is 5.97 Å². The minimum atomic E-state index is -1.01. The van der Waals surface area contributed by atoms with Gasteiger partial charge in [0.1, 0.15) is 0 Å². The maximum absolute atomic E-state index is 10.4. The highest BCUT2D eigenvalue weighted by molar-refractivity contribution is 5.67. The van der Waals surface area contributed by atoms with Crippen molar-refractivity contribution in [2.45, 2.75) is 70.5 Å². The topological polar surface area (TPSA) is 99.0 Å². The number of aliphatic carboxylic acids is 1. The third-order valence-corrected chi connectivity index (χ3v) is 5.04. The second-order valence-electron chi connectivity index (χ2n) is 6.78. The maximum Gasteiger partial charge on any atom is 0.332 e. The van der Waals surface area contributed by atoms with Gasteiger partial charge in [-0.1, -0.05) is 26.2 Å². The first kappa shape index (κ1) is 18.2. The Morgan fingerprint density at radius 3 is 2.83 bits per heavy atom. The summed E-state index contributed by atoms with van der Waals surface area (Å²) in [6.07, 6.45) is 6.70. The Balaban J connectivity index is 1.72. The molecule has 0 spiro atoms. The number of aliphatic hydroxyl groups excluding tert-OH is 2. The second kappa shape index (κ2) is 8.66. The van der Waals surface area contributed by atoms with Gasteiger partial charge < -0.3 is 15.3 Å². The number of hydrogen-bond donors (Lipinski definition) is 4. The van der Waals surface area contributed by atoms with Gasteiger partial charge in [0.15, 0.2) is 6.61 Å². The quantitative estimate of drug-likeness (QED) is 0.342. The van der Waals surface area contributed by atoms with Crippen LogP contribution < -0.4 is 5.48 Å². The summed E-state index contributed by atoms with van der Waals surface area (Å²) in [7, 11) is 0. The molecular weight excluding hydrogens is 298 g/mol. The van der Waals surface area contributed by atoms with E-state index in [9.17, 15) is 15.0 Å². The summed E-state index contributed by atoms with van der Waals surface area (Å²) in [5.41, 5.74) is 4.78. The Bertz CT molecular complexity index is 437. The third-order valence-electron chi connectivity index (χ3n) is 5.04. The average Bonchev–Trinajstić information content (AvgIpc) is 2.73. The van der Waals surface area contributed by atoms with E-state index in [1.165, 1.54) is 0 Å². The fourth-order valence-corrected chi connectivity index (χ4v) is 3.65. The van der Waals surface area contributed by atoms with Crippen molar-refractivity contribution in [3.05, 3.63) is 11.3 Å². The first-order valence-corrected chi connectivity index (χ1v) is 8.70. The van der Waals surface area contributed by atoms with Crippen molar-refractivity contribution in [2.24, 2.45) is 11.8 Å². The smallest absolute Gasteiger partial charge is 0.332 e. The SMILES string of the molecule is CCCCCC(O)CCC1CC2=C(NOCC(=O)O)CC2C1O. The summed E-state index contributed by atoms with van der Waals surface area (Å²) in [5, 5.41) is 28.9. The van der Waals surface area contributed by atoms with E-state index in [-0.39, 0.29) is 30.7 Å². The summed E-state index contributed by atoms with van der Waals surface area (Å²) in [6, 6.07) is 0. The molecule has 2 aliphatic rings. The molecule has 4 unspecified atom stereocenters. The third kappa shape index (κ3) is 4.93. The van der Waals surface area contributed by atoms with Crippen LogP contribution in [-0.4, -0.2) is 40.1 Å². The van der Waals surface area contributed by atoms with Crippen LogP contribution in [0.5, 0.6) is 0 Å². The number of aliphatic hydroxyl groups is 2. The van der Waals surface area contributed by atoms with E-state index in [1.54, 1.807) is 0 Å². The van der Waals surface area contributed by atoms with Gasteiger partial charge in [-0.15, -0.1) is 0 Å². The molecule has 4 N–H and O–H groups in total. The minimum absolute atomic E-state index is 0.174. The number of allylic oxidation sites excluding steroid dienone is 1. The molecule has 4 atom stereocenters. The number of nitrogens with one attached hydrogen (secondary N) is 1. The number of hydrogen-bond acceptors (Lipinski definition) is 5. The van der Waals surface area contributed by atoms with Crippen LogP contribution in [0.2, 0.25) is 0 Å². The molecule has 0 aromatic rings. The largest absolute Gasteiger partial charge is 0.479 e. The number of carboxylic acids is 1. The molecule has 6 nitrogen and oxygen atoms in total. The van der Waals surface area contributed by atoms with Crippen LogP contribution in [-0.2, 0) is 9.63 Å². The molecule has 0 heterocycles. The van der Waals surface area contributed by atoms with Gasteiger partial charge in [0.25, 0.3) is 0 Å². The molecule has 0 amide bonds. The molecule has 6 heteroatoms. The van der Waals surface area contributed by atoms with E-state index >= 15 is 0 Å². The number of carboxylic acid groups (broad SMARTS) is 1. The van der Waals surface area contributed by atoms with E-state index in [4.69, 9.17) is 9.94 Å². The summed E-state index contributed by atoms with van der Waals surface area (Å²) in [4.78, 5) is 15.3. The molecule has 1 saturated carbocycles. The predicted molar refractivity (Wildman–Crippen MR) is 85.4 cm³/mol. The van der Waals surface area contributed by atoms with Crippen molar-refractivity contribution < 1.29 is 25.0 Å². The van der Waals surface area contributed by atoms with Crippen molar-refractivity contribution in [1.29, 1.82) is 0 Å². The highest BCUT2D eigenvalue weighted by Gasteiger charge is 2.45. The van der Waals surface area contributed by atoms with E-state index < -0.39 is 5.97 Å². The number of fused-ring (bicyclic) bond motifs is 1. The highest BCUT2D eigenvalue weighted by Crippen LogP contribution is 2.49. The van der Waals surface area contributed by atoms with Gasteiger partial charge in [0, 0.05) is 11.6 Å². The molecule has 0 aliphatic heterocycles. The van der Waals surface area contributed by atoms with Crippen LogP contribution in [0.25, 0.3) is 0 Å². The standard InChI is InChI=1S/C17H29NO5/c1-2-3-4-5-12(19)7-6-11-8-13-14(17(11)22)9-15(13)18-23-10-16(20)21/h11-12,14,17-19,22H,2-10H2,1H3,(H,20,21). The lowest BCUT2D eigenvalue weighted by Gasteiger charge is -2.30. The summed E-state index contributed by atoms with van der Waals surface area (Å²) < 4.78 is 0. The minimum Gasteiger partial charge on any atom is -0.479 e. The molecule has 0 bridgehead atoms. The lowest BCUT2D eigenvalue weighted by molar-refractivity contribution is -0.144. The highest BCUT2D eigenvalue weighted by atomic mass is 16.7. The average molecular weight is 327 g/mol. The molecule has 0 aromatic heterocycles. The fraction of sp³-hybridized carbons (Fsp3) is 0.824. The summed E-state index contributed by atoms with van der Waals surface area (Å²) in [5.74, 6) is -0.650. The Morgan fingerprint density at radius 2 is 2.13 bits per heavy atom. The van der Waals surface area contributed by atoms with E-state index in [0.717, 1.165) is 56.2 Å². The van der Waals surface area contributed by atoms with E-state index in [2.05, 4.69) is 12.4 Å². The van der Waals surface area contributed by atoms with Crippen LogP contribution in [0.3, 0.4) is 0 Å². The van der Waals surface area contributed by atoms with Gasteiger partial charge in [0.05, 0.1) is 12.2 Å². The van der Waals surface area contributed by atoms with Gasteiger partial charge in [-0.3, -0.25) is 10.3 Å². The van der Waals surface area contributed by atoms with Gasteiger partial charge in [0.2, 0.25) is 0 Å². The molecule has 0 aromatic carbocycles.